The molecule has 2 rings (SSSR count). The molecule has 1 heterocycles. The highest BCUT2D eigenvalue weighted by Gasteiger charge is 2.16. The van der Waals surface area contributed by atoms with Crippen LogP contribution in [0.2, 0.25) is 5.02 Å². The molecule has 3 nitrogen and oxygen atoms in total. The number of methoxy groups -OCH3 is 1. The van der Waals surface area contributed by atoms with Crippen molar-refractivity contribution in [2.24, 2.45) is 0 Å². The maximum Gasteiger partial charge on any atom is 0.170 e. The van der Waals surface area contributed by atoms with Crippen LogP contribution in [-0.4, -0.2) is 12.9 Å². The molecule has 0 saturated carbocycles. The minimum absolute atomic E-state index is 0.00471. The van der Waals surface area contributed by atoms with Gasteiger partial charge >= 0.3 is 0 Å². The van der Waals surface area contributed by atoms with Gasteiger partial charge in [-0.15, -0.1) is 0 Å². The zero-order valence-corrected chi connectivity index (χ0v) is 11.9. The van der Waals surface area contributed by atoms with Crippen LogP contribution in [-0.2, 0) is 6.42 Å². The van der Waals surface area contributed by atoms with E-state index in [0.29, 0.717) is 22.1 Å². The Bertz CT molecular complexity index is 614. The Hall–Kier alpha value is -1.74. The Labute approximate surface area is 117 Å². The molecule has 100 valence electrons. The summed E-state index contributed by atoms with van der Waals surface area (Å²) in [6.07, 6.45) is 0.240. The number of halogens is 1. The molecule has 0 N–H and O–H groups in total. The lowest BCUT2D eigenvalue weighted by atomic mass is 10.0. The van der Waals surface area contributed by atoms with Crippen LogP contribution >= 0.6 is 11.6 Å². The van der Waals surface area contributed by atoms with Crippen LogP contribution < -0.4 is 4.74 Å². The normalized spacial score (nSPS) is 10.5. The second-order valence-corrected chi connectivity index (χ2v) is 4.82. The molecule has 0 atom stereocenters. The number of carbonyl (C=O) groups excluding carboxylic acids is 1. The van der Waals surface area contributed by atoms with Crippen molar-refractivity contribution in [1.82, 2.24) is 0 Å². The summed E-state index contributed by atoms with van der Waals surface area (Å²) in [7, 11) is 1.57. The van der Waals surface area contributed by atoms with Gasteiger partial charge in [0.1, 0.15) is 17.3 Å². The van der Waals surface area contributed by atoms with Gasteiger partial charge in [-0.2, -0.15) is 0 Å². The molecule has 0 radical (unpaired) electrons. The standard InChI is InChI=1S/C15H15ClO3/c1-9-6-13(10(2)19-9)14(17)8-11-7-12(16)4-5-15(11)18-3/h4-7H,8H2,1-3H3. The van der Waals surface area contributed by atoms with E-state index in [1.54, 1.807) is 38.3 Å². The Morgan fingerprint density at radius 1 is 1.32 bits per heavy atom. The van der Waals surface area contributed by atoms with E-state index in [2.05, 4.69) is 0 Å². The van der Waals surface area contributed by atoms with Crippen LogP contribution in [0.4, 0.5) is 0 Å². The van der Waals surface area contributed by atoms with Crippen molar-refractivity contribution in [1.29, 1.82) is 0 Å². The van der Waals surface area contributed by atoms with Gasteiger partial charge in [0.15, 0.2) is 5.78 Å². The zero-order valence-electron chi connectivity index (χ0n) is 11.1. The van der Waals surface area contributed by atoms with E-state index in [1.807, 2.05) is 6.92 Å². The highest BCUT2D eigenvalue weighted by Crippen LogP contribution is 2.25. The van der Waals surface area contributed by atoms with Crippen LogP contribution in [0.15, 0.2) is 28.7 Å². The van der Waals surface area contributed by atoms with Crippen molar-refractivity contribution in [3.05, 3.63) is 51.9 Å². The van der Waals surface area contributed by atoms with Crippen LogP contribution in [0.1, 0.15) is 27.4 Å². The molecule has 19 heavy (non-hydrogen) atoms. The van der Waals surface area contributed by atoms with Crippen LogP contribution in [0.25, 0.3) is 0 Å². The fourth-order valence-electron chi connectivity index (χ4n) is 2.06. The first-order valence-corrected chi connectivity index (χ1v) is 6.31. The lowest BCUT2D eigenvalue weighted by molar-refractivity contribution is 0.0990. The number of hydrogen-bond donors (Lipinski definition) is 0. The number of carbonyl (C=O) groups is 1. The molecule has 0 bridgehead atoms. The molecule has 0 aliphatic rings. The monoisotopic (exact) mass is 278 g/mol. The van der Waals surface area contributed by atoms with Crippen molar-refractivity contribution < 1.29 is 13.9 Å². The van der Waals surface area contributed by atoms with E-state index in [9.17, 15) is 4.79 Å². The molecule has 0 saturated heterocycles. The molecule has 0 aliphatic carbocycles. The molecule has 0 amide bonds. The Morgan fingerprint density at radius 2 is 2.05 bits per heavy atom. The lowest BCUT2D eigenvalue weighted by Crippen LogP contribution is -2.05. The SMILES string of the molecule is COc1ccc(Cl)cc1CC(=O)c1cc(C)oc1C. The number of ether oxygens (including phenoxy) is 1. The first kappa shape index (κ1) is 13.7. The van der Waals surface area contributed by atoms with Crippen LogP contribution in [0.3, 0.4) is 0 Å². The molecule has 1 aromatic carbocycles. The fraction of sp³-hybridized carbons (Fsp3) is 0.267. The van der Waals surface area contributed by atoms with Gasteiger partial charge in [0, 0.05) is 17.0 Å². The van der Waals surface area contributed by atoms with Gasteiger partial charge in [-0.05, 0) is 38.1 Å². The van der Waals surface area contributed by atoms with Crippen molar-refractivity contribution in [3.63, 3.8) is 0 Å². The average molecular weight is 279 g/mol. The predicted octanol–water partition coefficient (Wildman–Crippen LogP) is 3.98. The van der Waals surface area contributed by atoms with E-state index in [-0.39, 0.29) is 12.2 Å². The highest BCUT2D eigenvalue weighted by atomic mass is 35.5. The van der Waals surface area contributed by atoms with Gasteiger partial charge in [0.2, 0.25) is 0 Å². The quantitative estimate of drug-likeness (QED) is 0.794. The summed E-state index contributed by atoms with van der Waals surface area (Å²) < 4.78 is 10.6. The smallest absolute Gasteiger partial charge is 0.170 e. The molecule has 0 fully saturated rings. The first-order valence-electron chi connectivity index (χ1n) is 5.94. The van der Waals surface area contributed by atoms with Gasteiger partial charge in [-0.1, -0.05) is 11.6 Å². The maximum absolute atomic E-state index is 12.3. The number of furan rings is 1. The summed E-state index contributed by atoms with van der Waals surface area (Å²) in [5.74, 6) is 2.04. The summed E-state index contributed by atoms with van der Waals surface area (Å²) in [6.45, 7) is 3.61. The molecule has 0 aliphatic heterocycles. The summed E-state index contributed by atoms with van der Waals surface area (Å²) in [5, 5.41) is 0.587. The van der Waals surface area contributed by atoms with E-state index in [4.69, 9.17) is 20.8 Å². The maximum atomic E-state index is 12.3. The molecule has 4 heteroatoms. The summed E-state index contributed by atoms with van der Waals surface area (Å²) in [4.78, 5) is 12.3. The van der Waals surface area contributed by atoms with Crippen LogP contribution in [0.5, 0.6) is 5.75 Å². The third-order valence-corrected chi connectivity index (χ3v) is 3.17. The van der Waals surface area contributed by atoms with Gasteiger partial charge in [-0.25, -0.2) is 0 Å². The second-order valence-electron chi connectivity index (χ2n) is 4.38. The third-order valence-electron chi connectivity index (χ3n) is 2.93. The molecular weight excluding hydrogens is 264 g/mol. The van der Waals surface area contributed by atoms with E-state index < -0.39 is 0 Å². The number of Topliss-reactive ketones (excluding diaryl/α,β-unsaturated/α-hetero) is 1. The van der Waals surface area contributed by atoms with Gasteiger partial charge < -0.3 is 9.15 Å². The highest BCUT2D eigenvalue weighted by molar-refractivity contribution is 6.30. The summed E-state index contributed by atoms with van der Waals surface area (Å²) in [5.41, 5.74) is 1.39. The van der Waals surface area contributed by atoms with Crippen molar-refractivity contribution >= 4 is 17.4 Å². The summed E-state index contributed by atoms with van der Waals surface area (Å²) in [6, 6.07) is 7.01. The zero-order chi connectivity index (χ0) is 14.0. The Balaban J connectivity index is 2.28. The topological polar surface area (TPSA) is 39.4 Å². The van der Waals surface area contributed by atoms with Crippen LogP contribution in [0, 0.1) is 13.8 Å². The molecular formula is C15H15ClO3. The average Bonchev–Trinajstić information content (AvgIpc) is 2.69. The Morgan fingerprint density at radius 3 is 2.63 bits per heavy atom. The molecule has 1 aromatic heterocycles. The second kappa shape index (κ2) is 5.49. The minimum Gasteiger partial charge on any atom is -0.496 e. The van der Waals surface area contributed by atoms with Gasteiger partial charge in [-0.3, -0.25) is 4.79 Å². The van der Waals surface area contributed by atoms with Gasteiger partial charge in [0.05, 0.1) is 12.7 Å². The lowest BCUT2D eigenvalue weighted by Gasteiger charge is -2.08. The number of benzene rings is 1. The van der Waals surface area contributed by atoms with E-state index in [0.717, 1.165) is 11.3 Å². The number of hydrogen-bond acceptors (Lipinski definition) is 3. The van der Waals surface area contributed by atoms with Crippen molar-refractivity contribution in [3.8, 4) is 5.75 Å². The fourth-order valence-corrected chi connectivity index (χ4v) is 2.26. The molecule has 0 spiro atoms. The first-order chi connectivity index (χ1) is 9.01. The summed E-state index contributed by atoms with van der Waals surface area (Å²) >= 11 is 5.95. The number of ketones is 1. The predicted molar refractivity (Wildman–Crippen MR) is 74.2 cm³/mol. The number of aryl methyl sites for hydroxylation is 2. The van der Waals surface area contributed by atoms with Crippen molar-refractivity contribution in [2.45, 2.75) is 20.3 Å². The van der Waals surface area contributed by atoms with Gasteiger partial charge in [0.25, 0.3) is 0 Å². The Kier molecular flexibility index (Phi) is 3.96. The minimum atomic E-state index is -0.00471. The molecule has 2 aromatic rings. The van der Waals surface area contributed by atoms with E-state index >= 15 is 0 Å². The molecule has 0 unspecified atom stereocenters. The number of rotatable bonds is 4. The van der Waals surface area contributed by atoms with Crippen molar-refractivity contribution in [2.75, 3.05) is 7.11 Å². The third kappa shape index (κ3) is 2.99. The van der Waals surface area contributed by atoms with E-state index in [1.165, 1.54) is 0 Å². The largest absolute Gasteiger partial charge is 0.496 e.